The van der Waals surface area contributed by atoms with Gasteiger partial charge < -0.3 is 14.5 Å². The summed E-state index contributed by atoms with van der Waals surface area (Å²) in [6.07, 6.45) is 0.423. The number of carboxylic acid groups (broad SMARTS) is 1. The summed E-state index contributed by atoms with van der Waals surface area (Å²) in [6.45, 7) is 10.9. The van der Waals surface area contributed by atoms with Crippen molar-refractivity contribution in [2.45, 2.75) is 51.5 Å². The highest BCUT2D eigenvalue weighted by molar-refractivity contribution is 7.00. The number of carboxylic acids is 1. The minimum atomic E-state index is -2.93. The first-order valence-corrected chi connectivity index (χ1v) is 17.7. The van der Waals surface area contributed by atoms with Gasteiger partial charge in [0.05, 0.1) is 5.69 Å². The van der Waals surface area contributed by atoms with Crippen LogP contribution in [0.4, 0.5) is 5.69 Å². The minimum Gasteiger partial charge on any atom is -0.534 e. The Morgan fingerprint density at radius 3 is 2.07 bits per heavy atom. The van der Waals surface area contributed by atoms with E-state index in [4.69, 9.17) is 9.42 Å². The number of benzene rings is 5. The van der Waals surface area contributed by atoms with Crippen molar-refractivity contribution in [3.05, 3.63) is 132 Å². The van der Waals surface area contributed by atoms with Crippen LogP contribution < -0.4 is 14.8 Å². The van der Waals surface area contributed by atoms with E-state index in [0.29, 0.717) is 6.42 Å². The summed E-state index contributed by atoms with van der Waals surface area (Å²) >= 11 is 0. The Balaban J connectivity index is 1.40. The van der Waals surface area contributed by atoms with Crippen LogP contribution in [-0.2, 0) is 16.6 Å². The maximum atomic E-state index is 12.9. The highest BCUT2D eigenvalue weighted by Gasteiger charge is 2.53. The van der Waals surface area contributed by atoms with Gasteiger partial charge in [-0.1, -0.05) is 118 Å². The monoisotopic (exact) mass is 622 g/mol. The summed E-state index contributed by atoms with van der Waals surface area (Å²) in [5.41, 5.74) is 4.99. The van der Waals surface area contributed by atoms with Crippen molar-refractivity contribution in [3.63, 3.8) is 0 Å². The molecule has 5 nitrogen and oxygen atoms in total. The molecule has 1 aliphatic heterocycles. The lowest BCUT2D eigenvalue weighted by molar-refractivity contribution is -0.129. The van der Waals surface area contributed by atoms with Gasteiger partial charge >= 0.3 is 14.3 Å². The molecule has 1 unspecified atom stereocenters. The van der Waals surface area contributed by atoms with E-state index in [2.05, 4.69) is 105 Å². The van der Waals surface area contributed by atoms with E-state index in [9.17, 15) is 9.90 Å². The van der Waals surface area contributed by atoms with Crippen molar-refractivity contribution in [2.75, 3.05) is 0 Å². The van der Waals surface area contributed by atoms with E-state index >= 15 is 0 Å². The largest absolute Gasteiger partial charge is 0.534 e. The SMILES string of the molecule is Cc1c2c(cc3c1[nH]c1ccccc13)N=C(C(=O)O)C2(C)Cc1ccccc1O[Si](c1ccccc1)(c1ccccc1)C(C)(C)C. The van der Waals surface area contributed by atoms with Crippen molar-refractivity contribution < 1.29 is 14.3 Å². The lowest BCUT2D eigenvalue weighted by atomic mass is 9.72. The van der Waals surface area contributed by atoms with E-state index < -0.39 is 19.7 Å². The highest BCUT2D eigenvalue weighted by Crippen LogP contribution is 2.49. The second-order valence-electron chi connectivity index (χ2n) is 13.6. The lowest BCUT2D eigenvalue weighted by Gasteiger charge is -2.43. The second-order valence-corrected chi connectivity index (χ2v) is 17.9. The average Bonchev–Trinajstić information content (AvgIpc) is 3.56. The average molecular weight is 623 g/mol. The van der Waals surface area contributed by atoms with Gasteiger partial charge in [0.25, 0.3) is 0 Å². The molecule has 5 aromatic carbocycles. The highest BCUT2D eigenvalue weighted by atomic mass is 28.4. The van der Waals surface area contributed by atoms with Gasteiger partial charge in [0.2, 0.25) is 0 Å². The number of aliphatic imine (C=N–C) groups is 1. The fourth-order valence-corrected chi connectivity index (χ4v) is 12.1. The molecule has 1 aromatic heterocycles. The molecule has 0 aliphatic carbocycles. The fraction of sp³-hybridized carbons (Fsp3) is 0.200. The molecule has 0 fully saturated rings. The Morgan fingerprint density at radius 2 is 1.43 bits per heavy atom. The predicted octanol–water partition coefficient (Wildman–Crippen LogP) is 8.24. The summed E-state index contributed by atoms with van der Waals surface area (Å²) in [4.78, 5) is 21.3. The first kappa shape index (κ1) is 29.8. The zero-order chi connectivity index (χ0) is 32.3. The van der Waals surface area contributed by atoms with Gasteiger partial charge in [0.15, 0.2) is 0 Å². The maximum absolute atomic E-state index is 12.9. The molecule has 46 heavy (non-hydrogen) atoms. The third-order valence-electron chi connectivity index (χ3n) is 9.74. The van der Waals surface area contributed by atoms with Crippen molar-refractivity contribution in [2.24, 2.45) is 4.99 Å². The molecule has 1 atom stereocenters. The summed E-state index contributed by atoms with van der Waals surface area (Å²) in [6, 6.07) is 39.6. The molecule has 0 bridgehead atoms. The van der Waals surface area contributed by atoms with Gasteiger partial charge in [-0.05, 0) is 70.6 Å². The molecule has 0 radical (unpaired) electrons. The van der Waals surface area contributed by atoms with Crippen molar-refractivity contribution in [1.82, 2.24) is 4.98 Å². The molecule has 2 N–H and O–H groups in total. The zero-order valence-electron chi connectivity index (χ0n) is 26.9. The van der Waals surface area contributed by atoms with Gasteiger partial charge in [-0.3, -0.25) is 0 Å². The molecule has 2 heterocycles. The van der Waals surface area contributed by atoms with Crippen LogP contribution in [0.1, 0.15) is 44.4 Å². The quantitative estimate of drug-likeness (QED) is 0.176. The van der Waals surface area contributed by atoms with Gasteiger partial charge in [-0.2, -0.15) is 0 Å². The zero-order valence-corrected chi connectivity index (χ0v) is 27.9. The smallest absolute Gasteiger partial charge is 0.351 e. The number of fused-ring (bicyclic) bond motifs is 4. The topological polar surface area (TPSA) is 74.7 Å². The summed E-state index contributed by atoms with van der Waals surface area (Å²) in [5, 5.41) is 14.9. The molecule has 0 spiro atoms. The summed E-state index contributed by atoms with van der Waals surface area (Å²) < 4.78 is 7.49. The number of aliphatic carboxylic acids is 1. The van der Waals surface area contributed by atoms with Gasteiger partial charge in [-0.15, -0.1) is 0 Å². The lowest BCUT2D eigenvalue weighted by Crippen LogP contribution is -2.69. The van der Waals surface area contributed by atoms with Crippen molar-refractivity contribution in [1.29, 1.82) is 0 Å². The molecule has 0 saturated heterocycles. The van der Waals surface area contributed by atoms with Crippen molar-refractivity contribution >= 4 is 57.9 Å². The van der Waals surface area contributed by atoms with Crippen LogP contribution in [-0.4, -0.2) is 30.1 Å². The van der Waals surface area contributed by atoms with Crippen LogP contribution in [0.5, 0.6) is 5.75 Å². The van der Waals surface area contributed by atoms with Crippen LogP contribution in [0.3, 0.4) is 0 Å². The van der Waals surface area contributed by atoms with E-state index in [0.717, 1.165) is 49.9 Å². The molecule has 230 valence electrons. The summed E-state index contributed by atoms with van der Waals surface area (Å²) in [5.74, 6) is -0.224. The van der Waals surface area contributed by atoms with Crippen LogP contribution >= 0.6 is 0 Å². The Kier molecular flexibility index (Phi) is 7.01. The number of hydrogen-bond donors (Lipinski definition) is 2. The number of H-pyrrole nitrogens is 1. The Hall–Kier alpha value is -4.94. The third kappa shape index (κ3) is 4.50. The molecule has 1 aliphatic rings. The number of aromatic nitrogens is 1. The Bertz CT molecular complexity index is 2110. The minimum absolute atomic E-state index is 0.155. The number of aryl methyl sites for hydroxylation is 1. The number of nitrogens with one attached hydrogen (secondary N) is 1. The van der Waals surface area contributed by atoms with Gasteiger partial charge in [0, 0.05) is 27.2 Å². The predicted molar refractivity (Wildman–Crippen MR) is 191 cm³/mol. The number of para-hydroxylation sites is 2. The normalized spacial score (nSPS) is 16.4. The number of carbonyl (C=O) groups is 1. The fourth-order valence-electron chi connectivity index (χ4n) is 7.68. The van der Waals surface area contributed by atoms with Crippen LogP contribution in [0.15, 0.2) is 120 Å². The molecular weight excluding hydrogens is 585 g/mol. The maximum Gasteiger partial charge on any atom is 0.351 e. The Labute approximate surface area is 270 Å². The number of rotatable bonds is 7. The van der Waals surface area contributed by atoms with Crippen molar-refractivity contribution in [3.8, 4) is 5.75 Å². The molecule has 0 saturated carbocycles. The van der Waals surface area contributed by atoms with E-state index in [-0.39, 0.29) is 10.7 Å². The van der Waals surface area contributed by atoms with E-state index in [1.54, 1.807) is 0 Å². The molecule has 6 aromatic rings. The van der Waals surface area contributed by atoms with Crippen LogP contribution in [0, 0.1) is 6.92 Å². The standard InChI is InChI=1S/C40H38N2O3Si/c1-26-35-33(24-31-30-21-13-14-22-32(30)41-36(26)31)42-37(38(43)44)40(35,5)25-27-16-12-15-23-34(27)45-46(39(2,3)4,28-17-8-6-9-18-28)29-19-10-7-11-20-29/h6-24,41H,25H2,1-5H3,(H,43,44). The molecule has 0 amide bonds. The number of hydrogen-bond acceptors (Lipinski definition) is 3. The van der Waals surface area contributed by atoms with Gasteiger partial charge in [-0.25, -0.2) is 9.79 Å². The van der Waals surface area contributed by atoms with E-state index in [1.165, 1.54) is 10.4 Å². The van der Waals surface area contributed by atoms with E-state index in [1.807, 2.05) is 49.4 Å². The van der Waals surface area contributed by atoms with Gasteiger partial charge in [0.1, 0.15) is 11.5 Å². The first-order chi connectivity index (χ1) is 22.0. The molecule has 6 heteroatoms. The second kappa shape index (κ2) is 10.8. The molecule has 7 rings (SSSR count). The summed E-state index contributed by atoms with van der Waals surface area (Å²) in [7, 11) is -2.93. The number of nitrogens with zero attached hydrogens (tertiary/aromatic N) is 1. The van der Waals surface area contributed by atoms with Crippen LogP contribution in [0.25, 0.3) is 21.8 Å². The van der Waals surface area contributed by atoms with Crippen LogP contribution in [0.2, 0.25) is 5.04 Å². The Morgan fingerprint density at radius 1 is 0.848 bits per heavy atom. The third-order valence-corrected chi connectivity index (χ3v) is 14.7. The number of aromatic amines is 1. The molecular formula is C40H38N2O3Si. The first-order valence-electron chi connectivity index (χ1n) is 15.8.